The maximum atomic E-state index is 12.5. The minimum absolute atomic E-state index is 0.757. The van der Waals surface area contributed by atoms with E-state index in [0.717, 1.165) is 13.8 Å². The van der Waals surface area contributed by atoms with Crippen molar-refractivity contribution in [2.75, 3.05) is 0 Å². The quantitative estimate of drug-likeness (QED) is 0.598. The molecule has 0 aliphatic heterocycles. The lowest BCUT2D eigenvalue weighted by atomic mass is 10.1. The van der Waals surface area contributed by atoms with E-state index in [0.29, 0.717) is 0 Å². The third kappa shape index (κ3) is 2.95. The monoisotopic (exact) mass is 190 g/mol. The van der Waals surface area contributed by atoms with Crippen LogP contribution in [0.3, 0.4) is 0 Å². The Morgan fingerprint density at radius 2 is 0.833 bits per heavy atom. The summed E-state index contributed by atoms with van der Waals surface area (Å²) in [5, 5.41) is 0. The predicted molar refractivity (Wildman–Crippen MR) is 35.8 cm³/mol. The Kier molecular flexibility index (Phi) is 4.49. The normalized spacial score (nSPS) is 24.2. The summed E-state index contributed by atoms with van der Waals surface area (Å²) in [5.41, 5.74) is 0. The molecule has 0 rings (SSSR count). The highest BCUT2D eigenvalue weighted by Gasteiger charge is 2.36. The summed E-state index contributed by atoms with van der Waals surface area (Å²) in [6.45, 7) is 1.51. The molecule has 0 fully saturated rings. The number of halogens is 5. The van der Waals surface area contributed by atoms with E-state index in [4.69, 9.17) is 0 Å². The standard InChI is InChI=1S/C7H11F5/c1-3(8)5(10)7(12)6(11)4(2)9/h3-7H,1-2H3/t3-,4+,5+,6-,7?. The molecule has 0 radical (unpaired) electrons. The van der Waals surface area contributed by atoms with Gasteiger partial charge in [-0.2, -0.15) is 0 Å². The van der Waals surface area contributed by atoms with Crippen LogP contribution in [0.5, 0.6) is 0 Å². The van der Waals surface area contributed by atoms with E-state index in [1.54, 1.807) is 0 Å². The molecule has 0 spiro atoms. The summed E-state index contributed by atoms with van der Waals surface area (Å²) >= 11 is 0. The van der Waals surface area contributed by atoms with Gasteiger partial charge in [-0.1, -0.05) is 0 Å². The van der Waals surface area contributed by atoms with E-state index in [1.165, 1.54) is 0 Å². The summed E-state index contributed by atoms with van der Waals surface area (Å²) in [5.74, 6) is 0. The second-order valence-electron chi connectivity index (χ2n) is 2.69. The molecule has 12 heavy (non-hydrogen) atoms. The molecule has 0 aliphatic carbocycles. The number of alkyl halides is 5. The lowest BCUT2D eigenvalue weighted by Gasteiger charge is -2.18. The fourth-order valence-electron chi connectivity index (χ4n) is 0.682. The van der Waals surface area contributed by atoms with Gasteiger partial charge in [-0.3, -0.25) is 0 Å². The zero-order chi connectivity index (χ0) is 9.89. The first-order chi connectivity index (χ1) is 5.37. The third-order valence-corrected chi connectivity index (χ3v) is 1.49. The van der Waals surface area contributed by atoms with E-state index in [2.05, 4.69) is 0 Å². The highest BCUT2D eigenvalue weighted by molar-refractivity contribution is 4.83. The molecule has 1 unspecified atom stereocenters. The van der Waals surface area contributed by atoms with Crippen LogP contribution in [0.15, 0.2) is 0 Å². The molecule has 74 valence electrons. The van der Waals surface area contributed by atoms with Gasteiger partial charge < -0.3 is 0 Å². The Labute approximate surface area is 67.8 Å². The van der Waals surface area contributed by atoms with Gasteiger partial charge in [-0.25, -0.2) is 22.0 Å². The molecule has 0 aromatic carbocycles. The van der Waals surface area contributed by atoms with Crippen molar-refractivity contribution >= 4 is 0 Å². The minimum atomic E-state index is -2.73. The van der Waals surface area contributed by atoms with Crippen molar-refractivity contribution in [2.45, 2.75) is 44.7 Å². The molecule has 0 N–H and O–H groups in total. The number of rotatable bonds is 4. The van der Waals surface area contributed by atoms with E-state index >= 15 is 0 Å². The van der Waals surface area contributed by atoms with Crippen molar-refractivity contribution in [2.24, 2.45) is 0 Å². The van der Waals surface area contributed by atoms with E-state index in [9.17, 15) is 22.0 Å². The van der Waals surface area contributed by atoms with Gasteiger partial charge in [0.25, 0.3) is 0 Å². The number of hydrogen-bond donors (Lipinski definition) is 0. The first-order valence-electron chi connectivity index (χ1n) is 3.58. The fraction of sp³-hybridized carbons (Fsp3) is 1.00. The molecular weight excluding hydrogens is 179 g/mol. The van der Waals surface area contributed by atoms with Crippen LogP contribution >= 0.6 is 0 Å². The Morgan fingerprint density at radius 3 is 1.00 bits per heavy atom. The Hall–Kier alpha value is -0.350. The molecule has 0 amide bonds. The Balaban J connectivity index is 4.08. The second-order valence-corrected chi connectivity index (χ2v) is 2.69. The van der Waals surface area contributed by atoms with Crippen LogP contribution < -0.4 is 0 Å². The van der Waals surface area contributed by atoms with Crippen LogP contribution in [0.2, 0.25) is 0 Å². The molecule has 0 heterocycles. The average molecular weight is 190 g/mol. The van der Waals surface area contributed by atoms with Crippen molar-refractivity contribution in [3.8, 4) is 0 Å². The van der Waals surface area contributed by atoms with Crippen LogP contribution in [-0.4, -0.2) is 30.9 Å². The Morgan fingerprint density at radius 1 is 0.583 bits per heavy atom. The van der Waals surface area contributed by atoms with Crippen molar-refractivity contribution in [1.29, 1.82) is 0 Å². The predicted octanol–water partition coefficient (Wildman–Crippen LogP) is 2.72. The summed E-state index contributed by atoms with van der Waals surface area (Å²) in [6, 6.07) is 0. The van der Waals surface area contributed by atoms with E-state index < -0.39 is 30.9 Å². The van der Waals surface area contributed by atoms with Gasteiger partial charge in [0, 0.05) is 0 Å². The number of hydrogen-bond acceptors (Lipinski definition) is 0. The highest BCUT2D eigenvalue weighted by Crippen LogP contribution is 2.20. The van der Waals surface area contributed by atoms with Gasteiger partial charge in [0.2, 0.25) is 0 Å². The lowest BCUT2D eigenvalue weighted by Crippen LogP contribution is -2.37. The summed E-state index contributed by atoms with van der Waals surface area (Å²) < 4.78 is 61.3. The zero-order valence-electron chi connectivity index (χ0n) is 6.78. The molecule has 0 saturated carbocycles. The summed E-state index contributed by atoms with van der Waals surface area (Å²) in [4.78, 5) is 0. The van der Waals surface area contributed by atoms with Crippen LogP contribution in [0.4, 0.5) is 22.0 Å². The first-order valence-corrected chi connectivity index (χ1v) is 3.58. The largest absolute Gasteiger partial charge is 0.244 e. The highest BCUT2D eigenvalue weighted by atomic mass is 19.2. The van der Waals surface area contributed by atoms with Gasteiger partial charge in [-0.05, 0) is 13.8 Å². The topological polar surface area (TPSA) is 0 Å². The average Bonchev–Trinajstić information content (AvgIpc) is 2.00. The van der Waals surface area contributed by atoms with Crippen LogP contribution in [-0.2, 0) is 0 Å². The van der Waals surface area contributed by atoms with Crippen LogP contribution in [0.1, 0.15) is 13.8 Å². The maximum absolute atomic E-state index is 12.5. The molecule has 5 atom stereocenters. The molecular formula is C7H11F5. The maximum Gasteiger partial charge on any atom is 0.168 e. The molecule has 0 nitrogen and oxygen atoms in total. The fourth-order valence-corrected chi connectivity index (χ4v) is 0.682. The lowest BCUT2D eigenvalue weighted by molar-refractivity contribution is 0.00996. The minimum Gasteiger partial charge on any atom is -0.244 e. The molecule has 0 aliphatic rings. The zero-order valence-corrected chi connectivity index (χ0v) is 6.78. The Bertz CT molecular complexity index is 111. The van der Waals surface area contributed by atoms with Gasteiger partial charge in [0.05, 0.1) is 0 Å². The van der Waals surface area contributed by atoms with Crippen molar-refractivity contribution in [3.63, 3.8) is 0 Å². The van der Waals surface area contributed by atoms with Gasteiger partial charge >= 0.3 is 0 Å². The first kappa shape index (κ1) is 11.6. The van der Waals surface area contributed by atoms with Crippen molar-refractivity contribution in [3.05, 3.63) is 0 Å². The van der Waals surface area contributed by atoms with Crippen molar-refractivity contribution < 1.29 is 22.0 Å². The molecule has 0 bridgehead atoms. The van der Waals surface area contributed by atoms with Gasteiger partial charge in [-0.15, -0.1) is 0 Å². The van der Waals surface area contributed by atoms with E-state index in [1.807, 2.05) is 0 Å². The second kappa shape index (κ2) is 4.62. The molecule has 0 aromatic rings. The van der Waals surface area contributed by atoms with E-state index in [-0.39, 0.29) is 0 Å². The summed E-state index contributed by atoms with van der Waals surface area (Å²) in [6.07, 6.45) is -12.2. The van der Waals surface area contributed by atoms with Gasteiger partial charge in [0.1, 0.15) is 12.3 Å². The van der Waals surface area contributed by atoms with Crippen molar-refractivity contribution in [1.82, 2.24) is 0 Å². The third-order valence-electron chi connectivity index (χ3n) is 1.49. The molecule has 5 heteroatoms. The molecule has 0 saturated heterocycles. The van der Waals surface area contributed by atoms with Crippen LogP contribution in [0, 0.1) is 0 Å². The SMILES string of the molecule is C[C@H](F)[C@@H](F)C(F)[C@@H](F)[C@@H](C)F. The summed E-state index contributed by atoms with van der Waals surface area (Å²) in [7, 11) is 0. The molecule has 0 aromatic heterocycles. The smallest absolute Gasteiger partial charge is 0.168 e. The van der Waals surface area contributed by atoms with Gasteiger partial charge in [0.15, 0.2) is 18.5 Å². The van der Waals surface area contributed by atoms with Crippen LogP contribution in [0.25, 0.3) is 0 Å².